The van der Waals surface area contributed by atoms with Crippen LogP contribution in [0, 0.1) is 0 Å². The number of aromatic nitrogens is 3. The van der Waals surface area contributed by atoms with Crippen molar-refractivity contribution in [1.82, 2.24) is 14.5 Å². The van der Waals surface area contributed by atoms with Crippen LogP contribution in [-0.2, 0) is 31.8 Å². The number of hydrogen-bond acceptors (Lipinski definition) is 7. The summed E-state index contributed by atoms with van der Waals surface area (Å²) in [5, 5.41) is 1.07. The van der Waals surface area contributed by atoms with Crippen molar-refractivity contribution in [3.8, 4) is 0 Å². The monoisotopic (exact) mass is 531 g/mol. The van der Waals surface area contributed by atoms with Gasteiger partial charge < -0.3 is 23.5 Å². The molecule has 3 aliphatic rings. The molecule has 0 saturated carbocycles. The van der Waals surface area contributed by atoms with Crippen LogP contribution in [-0.4, -0.2) is 44.6 Å². The van der Waals surface area contributed by atoms with Gasteiger partial charge in [0.05, 0.1) is 10.9 Å². The second kappa shape index (κ2) is 8.88. The molecule has 0 amide bonds. The van der Waals surface area contributed by atoms with E-state index in [2.05, 4.69) is 22.1 Å². The summed E-state index contributed by atoms with van der Waals surface area (Å²) in [6.07, 6.45) is 2.45. The quantitative estimate of drug-likeness (QED) is 0.258. The SMILES string of the molecule is CC1(C)O[C@@H]2[C@H](O1)[C@@H](C(OC(=O)c1ccccc1)c1ccc3c(c1)CC3)O[C@H]2n1ccc2c(Cl)ncnc21. The van der Waals surface area contributed by atoms with Gasteiger partial charge in [0.15, 0.2) is 18.1 Å². The molecular weight excluding hydrogens is 506 g/mol. The lowest BCUT2D eigenvalue weighted by atomic mass is 9.85. The number of rotatable bonds is 5. The van der Waals surface area contributed by atoms with Crippen LogP contribution in [0.1, 0.15) is 53.2 Å². The molecule has 0 N–H and O–H groups in total. The van der Waals surface area contributed by atoms with Crippen LogP contribution in [0.25, 0.3) is 11.0 Å². The third-order valence-corrected chi connectivity index (χ3v) is 7.87. The zero-order valence-corrected chi connectivity index (χ0v) is 21.7. The fourth-order valence-electron chi connectivity index (χ4n) is 5.69. The standard InChI is InChI=1S/C29H26ClN3O5/c1-29(2)37-23-22(35-27(24(23)38-29)33-13-12-20-25(30)31-15-32-26(20)33)21(19-11-9-16-8-10-18(16)14-19)36-28(34)17-6-4-3-5-7-17/h3-7,9,11-15,21-24,27H,8,10H2,1-2H3/t21?,22-,23-,24-,27-/m1/s1. The third kappa shape index (κ3) is 3.91. The van der Waals surface area contributed by atoms with Crippen LogP contribution in [0.4, 0.5) is 0 Å². The highest BCUT2D eigenvalue weighted by atomic mass is 35.5. The van der Waals surface area contributed by atoms with Crippen LogP contribution < -0.4 is 0 Å². The topological polar surface area (TPSA) is 84.7 Å². The number of carbonyl (C=O) groups is 1. The highest BCUT2D eigenvalue weighted by Crippen LogP contribution is 2.48. The molecule has 0 radical (unpaired) electrons. The number of nitrogens with zero attached hydrogens (tertiary/aromatic N) is 3. The Morgan fingerprint density at radius 1 is 1.05 bits per heavy atom. The molecule has 1 unspecified atom stereocenters. The largest absolute Gasteiger partial charge is 0.451 e. The Morgan fingerprint density at radius 2 is 1.84 bits per heavy atom. The Labute approximate surface area is 224 Å². The van der Waals surface area contributed by atoms with E-state index in [1.165, 1.54) is 17.5 Å². The highest BCUT2D eigenvalue weighted by molar-refractivity contribution is 6.33. The van der Waals surface area contributed by atoms with E-state index >= 15 is 0 Å². The minimum absolute atomic E-state index is 0.362. The van der Waals surface area contributed by atoms with Crippen LogP contribution in [0.3, 0.4) is 0 Å². The molecule has 7 rings (SSSR count). The maximum absolute atomic E-state index is 13.3. The normalized spacial score (nSPS) is 26.0. The lowest BCUT2D eigenvalue weighted by molar-refractivity contribution is -0.207. The first-order valence-electron chi connectivity index (χ1n) is 12.7. The van der Waals surface area contributed by atoms with Gasteiger partial charge in [-0.15, -0.1) is 0 Å². The van der Waals surface area contributed by atoms with Crippen LogP contribution in [0.2, 0.25) is 5.15 Å². The summed E-state index contributed by atoms with van der Waals surface area (Å²) in [6.45, 7) is 3.75. The number of aryl methyl sites for hydroxylation is 2. The van der Waals surface area contributed by atoms with Gasteiger partial charge in [-0.1, -0.05) is 48.0 Å². The van der Waals surface area contributed by atoms with Crippen molar-refractivity contribution in [1.29, 1.82) is 0 Å². The highest BCUT2D eigenvalue weighted by Gasteiger charge is 2.59. The summed E-state index contributed by atoms with van der Waals surface area (Å²) >= 11 is 6.32. The molecular formula is C29H26ClN3O5. The number of benzene rings is 2. The van der Waals surface area contributed by atoms with E-state index in [1.54, 1.807) is 12.1 Å². The molecule has 194 valence electrons. The number of esters is 1. The Hall–Kier alpha value is -3.30. The molecule has 0 spiro atoms. The van der Waals surface area contributed by atoms with Gasteiger partial charge in [-0.2, -0.15) is 0 Å². The summed E-state index contributed by atoms with van der Waals surface area (Å²) in [6, 6.07) is 17.1. The second-order valence-electron chi connectivity index (χ2n) is 10.4. The van der Waals surface area contributed by atoms with Crippen molar-refractivity contribution < 1.29 is 23.7 Å². The Balaban J connectivity index is 1.30. The number of carbonyl (C=O) groups excluding carboxylic acids is 1. The minimum atomic E-state index is -0.848. The molecule has 38 heavy (non-hydrogen) atoms. The average molecular weight is 532 g/mol. The Bertz CT molecular complexity index is 1540. The van der Waals surface area contributed by atoms with Crippen molar-refractivity contribution in [3.63, 3.8) is 0 Å². The second-order valence-corrected chi connectivity index (χ2v) is 10.8. The van der Waals surface area contributed by atoms with Gasteiger partial charge in [-0.05, 0) is 61.6 Å². The molecule has 8 nitrogen and oxygen atoms in total. The average Bonchev–Trinajstić information content (AvgIpc) is 3.55. The lowest BCUT2D eigenvalue weighted by Gasteiger charge is -2.30. The minimum Gasteiger partial charge on any atom is -0.451 e. The first-order chi connectivity index (χ1) is 18.4. The van der Waals surface area contributed by atoms with Gasteiger partial charge in [0.25, 0.3) is 0 Å². The van der Waals surface area contributed by atoms with Gasteiger partial charge in [0, 0.05) is 6.20 Å². The molecule has 0 bridgehead atoms. The van der Waals surface area contributed by atoms with E-state index in [0.717, 1.165) is 18.4 Å². The van der Waals surface area contributed by atoms with E-state index in [-0.39, 0.29) is 0 Å². The molecule has 2 aromatic heterocycles. The third-order valence-electron chi connectivity index (χ3n) is 7.56. The number of hydrogen-bond donors (Lipinski definition) is 0. The van der Waals surface area contributed by atoms with E-state index in [4.69, 9.17) is 30.5 Å². The molecule has 5 atom stereocenters. The van der Waals surface area contributed by atoms with Gasteiger partial charge in [-0.3, -0.25) is 0 Å². The lowest BCUT2D eigenvalue weighted by Crippen LogP contribution is -2.36. The van der Waals surface area contributed by atoms with Crippen molar-refractivity contribution in [3.05, 3.63) is 94.5 Å². The maximum atomic E-state index is 13.3. The first kappa shape index (κ1) is 23.8. The van der Waals surface area contributed by atoms with E-state index < -0.39 is 42.4 Å². The molecule has 4 heterocycles. The summed E-state index contributed by atoms with van der Waals surface area (Å²) in [5.74, 6) is -1.27. The number of halogens is 1. The fraction of sp³-hybridized carbons (Fsp3) is 0.345. The molecule has 9 heteroatoms. The smallest absolute Gasteiger partial charge is 0.338 e. The summed E-state index contributed by atoms with van der Waals surface area (Å²) in [7, 11) is 0. The van der Waals surface area contributed by atoms with Crippen LogP contribution >= 0.6 is 11.6 Å². The van der Waals surface area contributed by atoms with Crippen molar-refractivity contribution in [2.45, 2.75) is 63.1 Å². The predicted molar refractivity (Wildman–Crippen MR) is 139 cm³/mol. The zero-order valence-electron chi connectivity index (χ0n) is 20.9. The predicted octanol–water partition coefficient (Wildman–Crippen LogP) is 5.20. The zero-order chi connectivity index (χ0) is 26.0. The van der Waals surface area contributed by atoms with Gasteiger partial charge in [-0.25, -0.2) is 14.8 Å². The summed E-state index contributed by atoms with van der Waals surface area (Å²) < 4.78 is 27.6. The molecule has 2 fully saturated rings. The molecule has 1 aliphatic carbocycles. The summed E-state index contributed by atoms with van der Waals surface area (Å²) in [5.41, 5.74) is 4.55. The Kier molecular flexibility index (Phi) is 5.56. The Morgan fingerprint density at radius 3 is 2.61 bits per heavy atom. The first-order valence-corrected chi connectivity index (χ1v) is 13.1. The van der Waals surface area contributed by atoms with Crippen molar-refractivity contribution >= 4 is 28.6 Å². The molecule has 2 aromatic carbocycles. The molecule has 4 aromatic rings. The van der Waals surface area contributed by atoms with E-state index in [9.17, 15) is 4.79 Å². The van der Waals surface area contributed by atoms with Gasteiger partial charge in [0.2, 0.25) is 0 Å². The van der Waals surface area contributed by atoms with E-state index in [1.807, 2.05) is 54.9 Å². The maximum Gasteiger partial charge on any atom is 0.338 e. The van der Waals surface area contributed by atoms with Crippen LogP contribution in [0.15, 0.2) is 67.1 Å². The molecule has 2 aliphatic heterocycles. The van der Waals surface area contributed by atoms with Crippen molar-refractivity contribution in [2.24, 2.45) is 0 Å². The van der Waals surface area contributed by atoms with Crippen molar-refractivity contribution in [2.75, 3.05) is 0 Å². The number of ether oxygens (including phenoxy) is 4. The fourth-order valence-corrected chi connectivity index (χ4v) is 5.89. The van der Waals surface area contributed by atoms with E-state index in [0.29, 0.717) is 21.7 Å². The number of fused-ring (bicyclic) bond motifs is 3. The molecule has 2 saturated heterocycles. The van der Waals surface area contributed by atoms with Gasteiger partial charge >= 0.3 is 5.97 Å². The van der Waals surface area contributed by atoms with Gasteiger partial charge in [0.1, 0.15) is 35.4 Å². The summed E-state index contributed by atoms with van der Waals surface area (Å²) in [4.78, 5) is 21.8. The van der Waals surface area contributed by atoms with Crippen LogP contribution in [0.5, 0.6) is 0 Å².